The molecule has 3 rings (SSSR count). The van der Waals surface area contributed by atoms with E-state index in [2.05, 4.69) is 5.32 Å². The maximum Gasteiger partial charge on any atom is 0.295 e. The van der Waals surface area contributed by atoms with E-state index >= 15 is 0 Å². The second-order valence-electron chi connectivity index (χ2n) is 5.72. The lowest BCUT2D eigenvalue weighted by atomic mass is 10.1. The maximum absolute atomic E-state index is 12.6. The van der Waals surface area contributed by atoms with Crippen LogP contribution in [-0.2, 0) is 4.79 Å². The van der Waals surface area contributed by atoms with Crippen molar-refractivity contribution >= 4 is 34.3 Å². The predicted octanol–water partition coefficient (Wildman–Crippen LogP) is 4.25. The van der Waals surface area contributed by atoms with Gasteiger partial charge in [-0.15, -0.1) is 0 Å². The predicted molar refractivity (Wildman–Crippen MR) is 95.0 cm³/mol. The lowest BCUT2D eigenvalue weighted by Crippen LogP contribution is -2.34. The number of imide groups is 1. The first-order valence-corrected chi connectivity index (χ1v) is 8.29. The summed E-state index contributed by atoms with van der Waals surface area (Å²) in [5.74, 6) is -0.234. The highest BCUT2D eigenvalue weighted by Crippen LogP contribution is 2.32. The lowest BCUT2D eigenvalue weighted by molar-refractivity contribution is -0.116. The Hall–Kier alpha value is -2.27. The molecular weight excluding hydrogens is 308 g/mol. The van der Waals surface area contributed by atoms with E-state index in [-0.39, 0.29) is 11.1 Å². The number of benzene rings is 2. The molecule has 1 N–H and O–H groups in total. The average Bonchev–Trinajstić information content (AvgIpc) is 2.79. The largest absolute Gasteiger partial charge is 0.365 e. The van der Waals surface area contributed by atoms with Gasteiger partial charge in [-0.2, -0.15) is 0 Å². The smallest absolute Gasteiger partial charge is 0.295 e. The minimum atomic E-state index is -0.592. The number of aryl methyl sites for hydroxylation is 3. The van der Waals surface area contributed by atoms with Crippen LogP contribution in [0.1, 0.15) is 16.7 Å². The molecule has 0 radical (unpaired) electrons. The number of anilines is 2. The Morgan fingerprint density at radius 1 is 0.957 bits per heavy atom. The first kappa shape index (κ1) is 15.6. The zero-order valence-electron chi connectivity index (χ0n) is 13.3. The summed E-state index contributed by atoms with van der Waals surface area (Å²) in [5.41, 5.74) is 4.88. The molecule has 2 aromatic rings. The summed E-state index contributed by atoms with van der Waals surface area (Å²) in [5, 5.41) is 2.31. The number of hydrogen-bond acceptors (Lipinski definition) is 4. The van der Waals surface area contributed by atoms with E-state index in [1.807, 2.05) is 51.1 Å². The minimum Gasteiger partial charge on any atom is -0.365 e. The van der Waals surface area contributed by atoms with Crippen molar-refractivity contribution in [3.05, 3.63) is 59.2 Å². The van der Waals surface area contributed by atoms with Crippen LogP contribution in [0.5, 0.6) is 0 Å². The van der Waals surface area contributed by atoms with Crippen molar-refractivity contribution in [2.75, 3.05) is 10.2 Å². The third kappa shape index (κ3) is 3.10. The normalized spacial score (nSPS) is 17.7. The fraction of sp³-hybridized carbons (Fsp3) is 0.222. The first-order chi connectivity index (χ1) is 11.0. The van der Waals surface area contributed by atoms with Gasteiger partial charge in [0.25, 0.3) is 11.1 Å². The minimum absolute atomic E-state index is 0.234. The average molecular weight is 326 g/mol. The van der Waals surface area contributed by atoms with Gasteiger partial charge in [0.15, 0.2) is 5.37 Å². The molecule has 1 saturated heterocycles. The van der Waals surface area contributed by atoms with Crippen molar-refractivity contribution in [3.8, 4) is 0 Å². The molecule has 0 aliphatic carbocycles. The Kier molecular flexibility index (Phi) is 4.13. The molecule has 4 nitrogen and oxygen atoms in total. The molecule has 2 amide bonds. The number of carbonyl (C=O) groups is 2. The molecule has 118 valence electrons. The van der Waals surface area contributed by atoms with E-state index in [4.69, 9.17) is 0 Å². The van der Waals surface area contributed by atoms with E-state index in [9.17, 15) is 9.59 Å². The van der Waals surface area contributed by atoms with Crippen LogP contribution in [-0.4, -0.2) is 16.5 Å². The Morgan fingerprint density at radius 3 is 2.30 bits per heavy atom. The zero-order valence-corrected chi connectivity index (χ0v) is 14.1. The summed E-state index contributed by atoms with van der Waals surface area (Å²) < 4.78 is 0. The highest BCUT2D eigenvalue weighted by atomic mass is 32.2. The standard InChI is InChI=1S/C18H18N2O2S/c1-11-4-8-15(9-5-11)20-17(21)16(23-18(20)22)19-14-7-6-12(2)13(3)10-14/h4-10,16,19H,1-3H3. The van der Waals surface area contributed by atoms with Gasteiger partial charge in [0, 0.05) is 5.69 Å². The third-order valence-electron chi connectivity index (χ3n) is 3.94. The van der Waals surface area contributed by atoms with Crippen molar-refractivity contribution in [2.24, 2.45) is 0 Å². The quantitative estimate of drug-likeness (QED) is 0.916. The van der Waals surface area contributed by atoms with Crippen LogP contribution in [0, 0.1) is 20.8 Å². The van der Waals surface area contributed by atoms with Crippen LogP contribution in [0.4, 0.5) is 16.2 Å². The van der Waals surface area contributed by atoms with Crippen molar-refractivity contribution in [3.63, 3.8) is 0 Å². The van der Waals surface area contributed by atoms with Crippen molar-refractivity contribution in [1.82, 2.24) is 0 Å². The summed E-state index contributed by atoms with van der Waals surface area (Å²) in [6.07, 6.45) is 0. The number of amides is 2. The van der Waals surface area contributed by atoms with Crippen LogP contribution >= 0.6 is 11.8 Å². The van der Waals surface area contributed by atoms with Crippen LogP contribution in [0.25, 0.3) is 0 Å². The molecule has 0 aromatic heterocycles. The van der Waals surface area contributed by atoms with Gasteiger partial charge in [-0.05, 0) is 67.9 Å². The molecule has 2 aromatic carbocycles. The summed E-state index contributed by atoms with van der Waals surface area (Å²) in [6, 6.07) is 13.3. The molecule has 0 saturated carbocycles. The van der Waals surface area contributed by atoms with Gasteiger partial charge in [0.1, 0.15) is 0 Å². The Balaban J connectivity index is 1.80. The Morgan fingerprint density at radius 2 is 1.65 bits per heavy atom. The van der Waals surface area contributed by atoms with Crippen molar-refractivity contribution < 1.29 is 9.59 Å². The molecular formula is C18H18N2O2S. The number of nitrogens with zero attached hydrogens (tertiary/aromatic N) is 1. The molecule has 1 heterocycles. The van der Waals surface area contributed by atoms with E-state index < -0.39 is 5.37 Å². The summed E-state index contributed by atoms with van der Waals surface area (Å²) in [7, 11) is 0. The van der Waals surface area contributed by atoms with Gasteiger partial charge in [0.05, 0.1) is 5.69 Å². The SMILES string of the molecule is Cc1ccc(N2C(=O)SC(Nc3ccc(C)c(C)c3)C2=O)cc1. The van der Waals surface area contributed by atoms with E-state index in [0.717, 1.165) is 28.6 Å². The number of carbonyl (C=O) groups excluding carboxylic acids is 2. The summed E-state index contributed by atoms with van der Waals surface area (Å²) in [4.78, 5) is 26.0. The molecule has 1 fully saturated rings. The van der Waals surface area contributed by atoms with Crippen molar-refractivity contribution in [2.45, 2.75) is 26.1 Å². The molecule has 1 atom stereocenters. The van der Waals surface area contributed by atoms with Gasteiger partial charge in [-0.25, -0.2) is 4.90 Å². The maximum atomic E-state index is 12.6. The second-order valence-corrected chi connectivity index (χ2v) is 6.77. The molecule has 0 bridgehead atoms. The summed E-state index contributed by atoms with van der Waals surface area (Å²) >= 11 is 1.01. The number of hydrogen-bond donors (Lipinski definition) is 1. The fourth-order valence-corrected chi connectivity index (χ4v) is 3.32. The highest BCUT2D eigenvalue weighted by molar-refractivity contribution is 8.16. The van der Waals surface area contributed by atoms with Gasteiger partial charge in [0.2, 0.25) is 0 Å². The van der Waals surface area contributed by atoms with E-state index in [0.29, 0.717) is 5.69 Å². The fourth-order valence-electron chi connectivity index (χ4n) is 2.41. The van der Waals surface area contributed by atoms with E-state index in [1.54, 1.807) is 12.1 Å². The number of thioether (sulfide) groups is 1. The molecule has 23 heavy (non-hydrogen) atoms. The second kappa shape index (κ2) is 6.08. The van der Waals surface area contributed by atoms with Gasteiger partial charge < -0.3 is 5.32 Å². The van der Waals surface area contributed by atoms with Crippen LogP contribution < -0.4 is 10.2 Å². The zero-order chi connectivity index (χ0) is 16.6. The van der Waals surface area contributed by atoms with Crippen molar-refractivity contribution in [1.29, 1.82) is 0 Å². The number of nitrogens with one attached hydrogen (secondary N) is 1. The van der Waals surface area contributed by atoms with Crippen LogP contribution in [0.15, 0.2) is 42.5 Å². The van der Waals surface area contributed by atoms with Crippen LogP contribution in [0.2, 0.25) is 0 Å². The Labute approximate surface area is 139 Å². The molecule has 1 unspecified atom stereocenters. The monoisotopic (exact) mass is 326 g/mol. The highest BCUT2D eigenvalue weighted by Gasteiger charge is 2.40. The first-order valence-electron chi connectivity index (χ1n) is 7.41. The molecule has 5 heteroatoms. The van der Waals surface area contributed by atoms with E-state index in [1.165, 1.54) is 10.5 Å². The lowest BCUT2D eigenvalue weighted by Gasteiger charge is -2.15. The molecule has 1 aliphatic rings. The summed E-state index contributed by atoms with van der Waals surface area (Å²) in [6.45, 7) is 6.03. The van der Waals surface area contributed by atoms with Crippen LogP contribution in [0.3, 0.4) is 0 Å². The number of rotatable bonds is 3. The molecule has 0 spiro atoms. The van der Waals surface area contributed by atoms with Gasteiger partial charge in [-0.1, -0.05) is 23.8 Å². The topological polar surface area (TPSA) is 49.4 Å². The molecule has 1 aliphatic heterocycles. The van der Waals surface area contributed by atoms with Gasteiger partial charge >= 0.3 is 0 Å². The van der Waals surface area contributed by atoms with Gasteiger partial charge in [-0.3, -0.25) is 9.59 Å². The third-order valence-corrected chi connectivity index (χ3v) is 4.88. The Bertz CT molecular complexity index is 771.